The number of urea groups is 1. The van der Waals surface area contributed by atoms with Crippen molar-refractivity contribution in [1.29, 1.82) is 0 Å². The molecule has 8 nitrogen and oxygen atoms in total. The third-order valence-corrected chi connectivity index (χ3v) is 7.87. The minimum atomic E-state index is -3.31. The maximum Gasteiger partial charge on any atom is 0.317 e. The zero-order valence-corrected chi connectivity index (χ0v) is 26.1. The van der Waals surface area contributed by atoms with E-state index < -0.39 is 10.0 Å². The van der Waals surface area contributed by atoms with E-state index in [1.807, 2.05) is 30.3 Å². The molecule has 0 unspecified atom stereocenters. The number of nitrogens with one attached hydrogen (secondary N) is 2. The minimum Gasteiger partial charge on any atom is -0.457 e. The number of carbonyl (C=O) groups is 1. The molecule has 1 saturated heterocycles. The first-order chi connectivity index (χ1) is 19.8. The summed E-state index contributed by atoms with van der Waals surface area (Å²) in [6, 6.07) is 25.5. The number of halogens is 1. The van der Waals surface area contributed by atoms with Crippen molar-refractivity contribution in [1.82, 2.24) is 15.1 Å². The van der Waals surface area contributed by atoms with Crippen LogP contribution >= 0.6 is 12.4 Å². The molecule has 0 aliphatic carbocycles. The number of rotatable bonds is 13. The zero-order chi connectivity index (χ0) is 29.1. The summed E-state index contributed by atoms with van der Waals surface area (Å²) in [6.45, 7) is 6.39. The Bertz CT molecular complexity index is 1330. The summed E-state index contributed by atoms with van der Waals surface area (Å²) in [4.78, 5) is 17.6. The topological polar surface area (TPSA) is 91.0 Å². The van der Waals surface area contributed by atoms with Crippen molar-refractivity contribution < 1.29 is 17.9 Å². The fourth-order valence-corrected chi connectivity index (χ4v) is 5.65. The van der Waals surface area contributed by atoms with Crippen LogP contribution in [0.5, 0.6) is 11.5 Å². The van der Waals surface area contributed by atoms with Crippen LogP contribution in [0.3, 0.4) is 0 Å². The lowest BCUT2D eigenvalue weighted by molar-refractivity contribution is 0.116. The monoisotopic (exact) mass is 614 g/mol. The van der Waals surface area contributed by atoms with Gasteiger partial charge in [-0.3, -0.25) is 9.62 Å². The van der Waals surface area contributed by atoms with E-state index in [4.69, 9.17) is 4.74 Å². The molecule has 228 valence electrons. The molecule has 3 aromatic carbocycles. The Labute approximate surface area is 256 Å². The minimum absolute atomic E-state index is 0. The molecular weight excluding hydrogens is 572 g/mol. The number of anilines is 1. The Hall–Kier alpha value is -3.27. The van der Waals surface area contributed by atoms with Crippen molar-refractivity contribution in [2.75, 3.05) is 37.2 Å². The van der Waals surface area contributed by atoms with E-state index in [1.165, 1.54) is 11.1 Å². The van der Waals surface area contributed by atoms with E-state index in [-0.39, 0.29) is 24.5 Å². The van der Waals surface area contributed by atoms with E-state index in [2.05, 4.69) is 51.0 Å². The lowest BCUT2D eigenvalue weighted by atomic mass is 10.0. The second-order valence-electron chi connectivity index (χ2n) is 10.7. The van der Waals surface area contributed by atoms with Gasteiger partial charge in [-0.1, -0.05) is 55.8 Å². The summed E-state index contributed by atoms with van der Waals surface area (Å²) < 4.78 is 31.1. The first-order valence-electron chi connectivity index (χ1n) is 14.4. The van der Waals surface area contributed by atoms with Gasteiger partial charge in [-0.05, 0) is 73.2 Å². The number of hydrogen-bond donors (Lipinski definition) is 2. The fraction of sp³-hybridized carbons (Fsp3) is 0.406. The van der Waals surface area contributed by atoms with Crippen LogP contribution < -0.4 is 14.8 Å². The SMILES string of the molecule is CCCCN(C(=O)NCCc1ccccc1)C1CCN(Cc2ccc(Oc3ccc(NS(C)(=O)=O)cc3)cc2)CC1.Cl. The van der Waals surface area contributed by atoms with Crippen LogP contribution in [0.25, 0.3) is 0 Å². The van der Waals surface area contributed by atoms with Crippen LogP contribution in [0.15, 0.2) is 78.9 Å². The molecule has 4 rings (SSSR count). The Morgan fingerprint density at radius 1 is 0.929 bits per heavy atom. The highest BCUT2D eigenvalue weighted by molar-refractivity contribution is 7.92. The van der Waals surface area contributed by atoms with Crippen LogP contribution in [0, 0.1) is 0 Å². The van der Waals surface area contributed by atoms with Gasteiger partial charge in [0.2, 0.25) is 10.0 Å². The van der Waals surface area contributed by atoms with Crippen molar-refractivity contribution in [2.24, 2.45) is 0 Å². The number of ether oxygens (including phenoxy) is 1. The molecule has 1 fully saturated rings. The van der Waals surface area contributed by atoms with E-state index in [0.717, 1.165) is 70.3 Å². The number of likely N-dealkylation sites (tertiary alicyclic amines) is 1. The number of unbranched alkanes of at least 4 members (excludes halogenated alkanes) is 1. The molecule has 0 radical (unpaired) electrons. The Kier molecular flexibility index (Phi) is 13.0. The normalized spacial score (nSPS) is 14.0. The van der Waals surface area contributed by atoms with Gasteiger partial charge in [0.05, 0.1) is 6.26 Å². The van der Waals surface area contributed by atoms with Crippen molar-refractivity contribution in [3.05, 3.63) is 90.0 Å². The highest BCUT2D eigenvalue weighted by Gasteiger charge is 2.27. The molecule has 1 aliphatic rings. The molecule has 10 heteroatoms. The Balaban J connectivity index is 0.00000484. The van der Waals surface area contributed by atoms with E-state index in [9.17, 15) is 13.2 Å². The first kappa shape index (κ1) is 33.2. The van der Waals surface area contributed by atoms with Gasteiger partial charge < -0.3 is 15.0 Å². The van der Waals surface area contributed by atoms with Gasteiger partial charge in [0, 0.05) is 44.5 Å². The molecule has 2 N–H and O–H groups in total. The lowest BCUT2D eigenvalue weighted by Crippen LogP contribution is -2.51. The third-order valence-electron chi connectivity index (χ3n) is 7.27. The van der Waals surface area contributed by atoms with E-state index in [0.29, 0.717) is 18.0 Å². The zero-order valence-electron chi connectivity index (χ0n) is 24.5. The lowest BCUT2D eigenvalue weighted by Gasteiger charge is -2.38. The largest absolute Gasteiger partial charge is 0.457 e. The van der Waals surface area contributed by atoms with Gasteiger partial charge in [-0.25, -0.2) is 13.2 Å². The van der Waals surface area contributed by atoms with E-state index >= 15 is 0 Å². The quantitative estimate of drug-likeness (QED) is 0.236. The molecule has 1 heterocycles. The molecule has 3 aromatic rings. The van der Waals surface area contributed by atoms with Crippen LogP contribution in [0.1, 0.15) is 43.7 Å². The second kappa shape index (κ2) is 16.4. The van der Waals surface area contributed by atoms with Gasteiger partial charge in [0.25, 0.3) is 0 Å². The molecule has 2 amide bonds. The van der Waals surface area contributed by atoms with Gasteiger partial charge in [0.15, 0.2) is 0 Å². The molecule has 0 aromatic heterocycles. The number of carbonyl (C=O) groups excluding carboxylic acids is 1. The molecule has 0 atom stereocenters. The molecule has 42 heavy (non-hydrogen) atoms. The highest BCUT2D eigenvalue weighted by Crippen LogP contribution is 2.25. The van der Waals surface area contributed by atoms with Crippen molar-refractivity contribution in [2.45, 2.75) is 51.6 Å². The first-order valence-corrected chi connectivity index (χ1v) is 16.3. The number of benzene rings is 3. The summed E-state index contributed by atoms with van der Waals surface area (Å²) in [5, 5.41) is 3.16. The number of sulfonamides is 1. The van der Waals surface area contributed by atoms with Crippen LogP contribution in [0.4, 0.5) is 10.5 Å². The van der Waals surface area contributed by atoms with Crippen LogP contribution in [0.2, 0.25) is 0 Å². The Morgan fingerprint density at radius 3 is 2.14 bits per heavy atom. The second-order valence-corrected chi connectivity index (χ2v) is 12.4. The van der Waals surface area contributed by atoms with Crippen LogP contribution in [-0.2, 0) is 23.0 Å². The maximum atomic E-state index is 13.1. The number of amides is 2. The predicted octanol–water partition coefficient (Wildman–Crippen LogP) is 6.29. The summed E-state index contributed by atoms with van der Waals surface area (Å²) in [5.74, 6) is 1.36. The summed E-state index contributed by atoms with van der Waals surface area (Å²) in [7, 11) is -3.31. The fourth-order valence-electron chi connectivity index (χ4n) is 5.09. The smallest absolute Gasteiger partial charge is 0.317 e. The van der Waals surface area contributed by atoms with Crippen LogP contribution in [-0.4, -0.2) is 62.7 Å². The molecule has 0 bridgehead atoms. The maximum absolute atomic E-state index is 13.1. The van der Waals surface area contributed by atoms with Gasteiger partial charge in [-0.2, -0.15) is 0 Å². The van der Waals surface area contributed by atoms with Gasteiger partial charge >= 0.3 is 6.03 Å². The molecule has 0 saturated carbocycles. The summed E-state index contributed by atoms with van der Waals surface area (Å²) >= 11 is 0. The molecule has 1 aliphatic heterocycles. The van der Waals surface area contributed by atoms with Crippen molar-refractivity contribution in [3.63, 3.8) is 0 Å². The molecular formula is C32H43ClN4O4S. The summed E-state index contributed by atoms with van der Waals surface area (Å²) in [6.07, 6.45) is 5.99. The average molecular weight is 615 g/mol. The average Bonchev–Trinajstić information content (AvgIpc) is 2.96. The van der Waals surface area contributed by atoms with Crippen molar-refractivity contribution >= 4 is 34.1 Å². The summed E-state index contributed by atoms with van der Waals surface area (Å²) in [5.41, 5.74) is 2.94. The highest BCUT2D eigenvalue weighted by atomic mass is 35.5. The van der Waals surface area contributed by atoms with E-state index in [1.54, 1.807) is 24.3 Å². The third kappa shape index (κ3) is 10.9. The van der Waals surface area contributed by atoms with Crippen molar-refractivity contribution in [3.8, 4) is 11.5 Å². The predicted molar refractivity (Wildman–Crippen MR) is 172 cm³/mol. The Morgan fingerprint density at radius 2 is 1.55 bits per heavy atom. The van der Waals surface area contributed by atoms with Gasteiger partial charge in [0.1, 0.15) is 11.5 Å². The molecule has 0 spiro atoms. The number of hydrogen-bond acceptors (Lipinski definition) is 5. The standard InChI is InChI=1S/C32H42N4O4S.ClH/c1-3-4-22-36(32(37)33-21-18-26-8-6-5-7-9-26)29-19-23-35(24-20-29)25-27-10-14-30(15-11-27)40-31-16-12-28(13-17-31)34-41(2,38)39;/h5-17,29,34H,3-4,18-25H2,1-2H3,(H,33,37);1H. The number of nitrogens with zero attached hydrogens (tertiary/aromatic N) is 2. The van der Waals surface area contributed by atoms with Gasteiger partial charge in [-0.15, -0.1) is 12.4 Å². The number of piperidine rings is 1.